The Morgan fingerprint density at radius 2 is 1.76 bits per heavy atom. The highest BCUT2D eigenvalue weighted by Gasteiger charge is 2.26. The smallest absolute Gasteiger partial charge is 0.280 e. The molecule has 0 unspecified atom stereocenters. The van der Waals surface area contributed by atoms with Gasteiger partial charge in [-0.15, -0.1) is 5.10 Å². The van der Waals surface area contributed by atoms with Crippen molar-refractivity contribution in [3.8, 4) is 0 Å². The Morgan fingerprint density at radius 1 is 1.16 bits per heavy atom. The molecule has 2 rings (SSSR count). The molecule has 0 radical (unpaired) electrons. The molecule has 1 aromatic heterocycles. The van der Waals surface area contributed by atoms with E-state index in [4.69, 9.17) is 0 Å². The molecule has 1 N–H and O–H groups in total. The first kappa shape index (κ1) is 19.1. The molecule has 1 aromatic carbocycles. The van der Waals surface area contributed by atoms with Crippen molar-refractivity contribution in [1.29, 1.82) is 0 Å². The maximum Gasteiger partial charge on any atom is 0.280 e. The Hall–Kier alpha value is -2.28. The van der Waals surface area contributed by atoms with Crippen LogP contribution in [0.4, 0.5) is 5.69 Å². The summed E-state index contributed by atoms with van der Waals surface area (Å²) in [4.78, 5) is 26.9. The van der Waals surface area contributed by atoms with Gasteiger partial charge in [-0.05, 0) is 64.2 Å². The summed E-state index contributed by atoms with van der Waals surface area (Å²) in [5.41, 5.74) is 3.61. The molecule has 0 fully saturated rings. The van der Waals surface area contributed by atoms with Crippen LogP contribution in [-0.2, 0) is 4.79 Å². The van der Waals surface area contributed by atoms with E-state index in [1.54, 1.807) is 5.38 Å². The number of nitrogens with zero attached hydrogens (tertiary/aromatic N) is 3. The summed E-state index contributed by atoms with van der Waals surface area (Å²) >= 11 is 1.11. The lowest BCUT2D eigenvalue weighted by Gasteiger charge is -2.28. The standard InChI is InChI=1S/C18H24N4O2S/c1-11-7-12(2)16(13(3)8-11)22(9-15(23)19-18(4,5)6)17(24)14-10-25-21-20-14/h7-8,10H,9H2,1-6H3,(H,19,23). The van der Waals surface area contributed by atoms with E-state index >= 15 is 0 Å². The van der Waals surface area contributed by atoms with E-state index in [2.05, 4.69) is 14.9 Å². The fourth-order valence-corrected chi connectivity index (χ4v) is 3.28. The third-order valence-electron chi connectivity index (χ3n) is 3.55. The van der Waals surface area contributed by atoms with E-state index in [0.717, 1.165) is 33.9 Å². The highest BCUT2D eigenvalue weighted by Crippen LogP contribution is 2.27. The van der Waals surface area contributed by atoms with Crippen molar-refractivity contribution in [2.75, 3.05) is 11.4 Å². The summed E-state index contributed by atoms with van der Waals surface area (Å²) in [6, 6.07) is 4.01. The van der Waals surface area contributed by atoms with E-state index < -0.39 is 0 Å². The fourth-order valence-electron chi connectivity index (χ4n) is 2.85. The number of amides is 2. The van der Waals surface area contributed by atoms with Gasteiger partial charge in [-0.2, -0.15) is 0 Å². The summed E-state index contributed by atoms with van der Waals surface area (Å²) < 4.78 is 3.76. The lowest BCUT2D eigenvalue weighted by Crippen LogP contribution is -2.47. The van der Waals surface area contributed by atoms with Crippen LogP contribution >= 0.6 is 11.5 Å². The van der Waals surface area contributed by atoms with Crippen molar-refractivity contribution in [2.45, 2.75) is 47.1 Å². The van der Waals surface area contributed by atoms with E-state index in [-0.39, 0.29) is 29.6 Å². The molecule has 25 heavy (non-hydrogen) atoms. The number of rotatable bonds is 4. The van der Waals surface area contributed by atoms with Crippen LogP contribution in [0.5, 0.6) is 0 Å². The van der Waals surface area contributed by atoms with Crippen molar-refractivity contribution >= 4 is 29.0 Å². The van der Waals surface area contributed by atoms with Crippen LogP contribution in [-0.4, -0.2) is 33.5 Å². The molecule has 0 atom stereocenters. The van der Waals surface area contributed by atoms with Crippen LogP contribution in [0.3, 0.4) is 0 Å². The van der Waals surface area contributed by atoms with E-state index in [9.17, 15) is 9.59 Å². The minimum Gasteiger partial charge on any atom is -0.350 e. The van der Waals surface area contributed by atoms with Crippen molar-refractivity contribution < 1.29 is 9.59 Å². The lowest BCUT2D eigenvalue weighted by atomic mass is 10.0. The molecular weight excluding hydrogens is 336 g/mol. The molecule has 6 nitrogen and oxygen atoms in total. The molecule has 0 saturated heterocycles. The largest absolute Gasteiger partial charge is 0.350 e. The lowest BCUT2D eigenvalue weighted by molar-refractivity contribution is -0.121. The number of benzene rings is 1. The first-order valence-electron chi connectivity index (χ1n) is 8.06. The SMILES string of the molecule is Cc1cc(C)c(N(CC(=O)NC(C)(C)C)C(=O)c2csnn2)c(C)c1. The number of carbonyl (C=O) groups excluding carboxylic acids is 2. The van der Waals surface area contributed by atoms with Gasteiger partial charge in [0.1, 0.15) is 6.54 Å². The Balaban J connectivity index is 2.43. The van der Waals surface area contributed by atoms with Gasteiger partial charge >= 0.3 is 0 Å². The number of hydrogen-bond acceptors (Lipinski definition) is 5. The normalized spacial score (nSPS) is 11.3. The van der Waals surface area contributed by atoms with Crippen LogP contribution in [0.15, 0.2) is 17.5 Å². The highest BCUT2D eigenvalue weighted by molar-refractivity contribution is 7.03. The van der Waals surface area contributed by atoms with Gasteiger partial charge in [0.15, 0.2) is 5.69 Å². The molecule has 0 spiro atoms. The molecule has 1 heterocycles. The second-order valence-electron chi connectivity index (χ2n) is 7.23. The Morgan fingerprint density at radius 3 is 2.24 bits per heavy atom. The average Bonchev–Trinajstić information content (AvgIpc) is 2.96. The second-order valence-corrected chi connectivity index (χ2v) is 7.84. The number of carbonyl (C=O) groups is 2. The van der Waals surface area contributed by atoms with Crippen LogP contribution in [0.25, 0.3) is 0 Å². The fraction of sp³-hybridized carbons (Fsp3) is 0.444. The predicted molar refractivity (Wildman–Crippen MR) is 100 cm³/mol. The van der Waals surface area contributed by atoms with Crippen LogP contribution < -0.4 is 10.2 Å². The summed E-state index contributed by atoms with van der Waals surface area (Å²) in [5, 5.41) is 8.36. The van der Waals surface area contributed by atoms with Gasteiger partial charge in [0.25, 0.3) is 5.91 Å². The molecule has 0 aliphatic carbocycles. The average molecular weight is 360 g/mol. The molecule has 0 bridgehead atoms. The maximum absolute atomic E-state index is 12.9. The quantitative estimate of drug-likeness (QED) is 0.909. The zero-order valence-electron chi connectivity index (χ0n) is 15.5. The summed E-state index contributed by atoms with van der Waals surface area (Å²) in [6.07, 6.45) is 0. The zero-order chi connectivity index (χ0) is 18.8. The number of hydrogen-bond donors (Lipinski definition) is 1. The van der Waals surface area contributed by atoms with E-state index in [1.807, 2.05) is 53.7 Å². The van der Waals surface area contributed by atoms with Crippen LogP contribution in [0.1, 0.15) is 48.0 Å². The molecule has 2 aromatic rings. The molecule has 7 heteroatoms. The third kappa shape index (κ3) is 4.85. The molecule has 0 saturated carbocycles. The summed E-state index contributed by atoms with van der Waals surface area (Å²) in [6.45, 7) is 11.5. The number of nitrogens with one attached hydrogen (secondary N) is 1. The first-order chi connectivity index (χ1) is 11.6. The van der Waals surface area contributed by atoms with E-state index in [0.29, 0.717) is 0 Å². The maximum atomic E-state index is 12.9. The van der Waals surface area contributed by atoms with Crippen molar-refractivity contribution in [2.24, 2.45) is 0 Å². The second kappa shape index (κ2) is 7.31. The highest BCUT2D eigenvalue weighted by atomic mass is 32.1. The molecule has 2 amide bonds. The van der Waals surface area contributed by atoms with Gasteiger partial charge in [-0.3, -0.25) is 14.5 Å². The van der Waals surface area contributed by atoms with Gasteiger partial charge in [0.05, 0.1) is 5.69 Å². The minimum atomic E-state index is -0.370. The van der Waals surface area contributed by atoms with Crippen molar-refractivity contribution in [1.82, 2.24) is 14.9 Å². The monoisotopic (exact) mass is 360 g/mol. The third-order valence-corrected chi connectivity index (χ3v) is 4.05. The molecule has 0 aliphatic rings. The van der Waals surface area contributed by atoms with Crippen LogP contribution in [0.2, 0.25) is 0 Å². The van der Waals surface area contributed by atoms with Gasteiger partial charge < -0.3 is 5.32 Å². The van der Waals surface area contributed by atoms with Crippen molar-refractivity contribution in [3.05, 3.63) is 39.9 Å². The van der Waals surface area contributed by atoms with Gasteiger partial charge in [-0.25, -0.2) is 0 Å². The summed E-state index contributed by atoms with van der Waals surface area (Å²) in [7, 11) is 0. The number of aromatic nitrogens is 2. The van der Waals surface area contributed by atoms with Crippen molar-refractivity contribution in [3.63, 3.8) is 0 Å². The topological polar surface area (TPSA) is 75.2 Å². The molecular formula is C18H24N4O2S. The molecule has 0 aliphatic heterocycles. The summed E-state index contributed by atoms with van der Waals surface area (Å²) in [5.74, 6) is -0.545. The number of aryl methyl sites for hydroxylation is 3. The Labute approximate surface area is 152 Å². The van der Waals surface area contributed by atoms with Crippen LogP contribution in [0, 0.1) is 20.8 Å². The first-order valence-corrected chi connectivity index (χ1v) is 8.90. The van der Waals surface area contributed by atoms with Gasteiger partial charge in [0, 0.05) is 10.9 Å². The minimum absolute atomic E-state index is 0.0711. The van der Waals surface area contributed by atoms with Gasteiger partial charge in [-0.1, -0.05) is 22.2 Å². The predicted octanol–water partition coefficient (Wildman–Crippen LogP) is 3.02. The van der Waals surface area contributed by atoms with Gasteiger partial charge in [0.2, 0.25) is 5.91 Å². The zero-order valence-corrected chi connectivity index (χ0v) is 16.3. The Kier molecular flexibility index (Phi) is 5.57. The van der Waals surface area contributed by atoms with E-state index in [1.165, 1.54) is 4.90 Å². The number of anilines is 1. The molecule has 134 valence electrons. The Bertz CT molecular complexity index is 756.